The van der Waals surface area contributed by atoms with E-state index in [9.17, 15) is 17.6 Å². The molecule has 0 spiro atoms. The number of aryl methyl sites for hydroxylation is 1. The van der Waals surface area contributed by atoms with Crippen LogP contribution in [0.4, 0.5) is 4.39 Å². The van der Waals surface area contributed by atoms with Crippen LogP contribution in [0.25, 0.3) is 0 Å². The molecule has 1 amide bonds. The molecule has 1 atom stereocenters. The lowest BCUT2D eigenvalue weighted by Gasteiger charge is -2.17. The lowest BCUT2D eigenvalue weighted by atomic mass is 9.98. The van der Waals surface area contributed by atoms with Gasteiger partial charge < -0.3 is 16.4 Å². The maximum Gasteiger partial charge on any atom is 0.222 e. The predicted molar refractivity (Wildman–Crippen MR) is 135 cm³/mol. The number of amides is 1. The normalized spacial score (nSPS) is 12.6. The highest BCUT2D eigenvalue weighted by Gasteiger charge is 2.17. The summed E-state index contributed by atoms with van der Waals surface area (Å²) in [6.45, 7) is 4.90. The molecule has 2 aromatic rings. The van der Waals surface area contributed by atoms with E-state index < -0.39 is 21.7 Å². The molecule has 7 nitrogen and oxygen atoms in total. The Bertz CT molecular complexity index is 1040. The van der Waals surface area contributed by atoms with Crippen LogP contribution in [0, 0.1) is 18.7 Å². The zero-order chi connectivity index (χ0) is 23.0. The number of benzene rings is 2. The van der Waals surface area contributed by atoms with Gasteiger partial charge in [0.1, 0.15) is 5.82 Å². The second kappa shape index (κ2) is 12.7. The Morgan fingerprint density at radius 1 is 1.12 bits per heavy atom. The van der Waals surface area contributed by atoms with Gasteiger partial charge in [-0.05, 0) is 55.2 Å². The van der Waals surface area contributed by atoms with Crippen molar-refractivity contribution >= 4 is 45.7 Å². The lowest BCUT2D eigenvalue weighted by molar-refractivity contribution is -0.121. The van der Waals surface area contributed by atoms with Crippen molar-refractivity contribution < 1.29 is 17.6 Å². The third-order valence-electron chi connectivity index (χ3n) is 4.72. The second-order valence-corrected chi connectivity index (χ2v) is 9.36. The highest BCUT2D eigenvalue weighted by atomic mass is 127. The molecule has 0 aliphatic heterocycles. The fourth-order valence-corrected chi connectivity index (χ4v) is 4.10. The number of guanidine groups is 1. The zero-order valence-corrected chi connectivity index (χ0v) is 21.5. The quantitative estimate of drug-likeness (QED) is 0.241. The molecule has 2 aromatic carbocycles. The average molecular weight is 576 g/mol. The summed E-state index contributed by atoms with van der Waals surface area (Å²) in [5.41, 5.74) is 7.89. The van der Waals surface area contributed by atoms with E-state index in [-0.39, 0.29) is 36.3 Å². The number of carbonyl (C=O) groups is 1. The number of sulfone groups is 1. The van der Waals surface area contributed by atoms with Crippen LogP contribution in [-0.4, -0.2) is 39.6 Å². The number of hydrogen-bond donors (Lipinski definition) is 3. The van der Waals surface area contributed by atoms with Gasteiger partial charge in [-0.2, -0.15) is 0 Å². The first-order chi connectivity index (χ1) is 14.6. The lowest BCUT2D eigenvalue weighted by Crippen LogP contribution is -2.43. The van der Waals surface area contributed by atoms with Crippen LogP contribution in [0.5, 0.6) is 0 Å². The summed E-state index contributed by atoms with van der Waals surface area (Å²) in [7, 11) is -3.27. The topological polar surface area (TPSA) is 114 Å². The van der Waals surface area contributed by atoms with Gasteiger partial charge in [0.2, 0.25) is 5.91 Å². The smallest absolute Gasteiger partial charge is 0.222 e. The molecule has 0 fully saturated rings. The molecule has 32 heavy (non-hydrogen) atoms. The summed E-state index contributed by atoms with van der Waals surface area (Å²) in [4.78, 5) is 16.7. The predicted octanol–water partition coefficient (Wildman–Crippen LogP) is 2.55. The van der Waals surface area contributed by atoms with Crippen molar-refractivity contribution in [1.29, 1.82) is 0 Å². The maximum absolute atomic E-state index is 13.1. The first kappa shape index (κ1) is 27.8. The van der Waals surface area contributed by atoms with Gasteiger partial charge in [0, 0.05) is 19.3 Å². The number of aliphatic imine (C=N–C) groups is 1. The number of halogens is 2. The van der Waals surface area contributed by atoms with Gasteiger partial charge in [-0.25, -0.2) is 17.8 Å². The Balaban J connectivity index is 0.00000512. The number of nitrogens with one attached hydrogen (secondary N) is 2. The first-order valence-corrected chi connectivity index (χ1v) is 11.8. The van der Waals surface area contributed by atoms with Gasteiger partial charge >= 0.3 is 0 Å². The number of nitrogens with zero attached hydrogens (tertiary/aromatic N) is 1. The van der Waals surface area contributed by atoms with Crippen LogP contribution < -0.4 is 16.4 Å². The Morgan fingerprint density at radius 3 is 2.28 bits per heavy atom. The van der Waals surface area contributed by atoms with Crippen LogP contribution in [-0.2, 0) is 27.6 Å². The van der Waals surface area contributed by atoms with E-state index in [1.807, 2.05) is 6.92 Å². The summed E-state index contributed by atoms with van der Waals surface area (Å²) in [6, 6.07) is 11.1. The molecule has 0 aromatic heterocycles. The van der Waals surface area contributed by atoms with Crippen LogP contribution in [0.15, 0.2) is 52.4 Å². The van der Waals surface area contributed by atoms with Crippen molar-refractivity contribution in [1.82, 2.24) is 10.6 Å². The fourth-order valence-electron chi connectivity index (χ4n) is 3.14. The van der Waals surface area contributed by atoms with Gasteiger partial charge in [0.05, 0.1) is 17.4 Å². The van der Waals surface area contributed by atoms with Crippen molar-refractivity contribution in [3.8, 4) is 0 Å². The molecule has 0 bridgehead atoms. The molecule has 0 heterocycles. The van der Waals surface area contributed by atoms with Crippen molar-refractivity contribution in [2.24, 2.45) is 16.6 Å². The molecule has 176 valence electrons. The van der Waals surface area contributed by atoms with E-state index in [2.05, 4.69) is 15.6 Å². The monoisotopic (exact) mass is 576 g/mol. The highest BCUT2D eigenvalue weighted by Crippen LogP contribution is 2.17. The molecule has 2 rings (SSSR count). The highest BCUT2D eigenvalue weighted by molar-refractivity contribution is 14.0. The molecular weight excluding hydrogens is 546 g/mol. The summed E-state index contributed by atoms with van der Waals surface area (Å²) >= 11 is 0. The molecule has 0 saturated carbocycles. The van der Waals surface area contributed by atoms with Gasteiger partial charge in [-0.3, -0.25) is 4.79 Å². The van der Waals surface area contributed by atoms with Crippen LogP contribution >= 0.6 is 24.0 Å². The maximum atomic E-state index is 13.1. The van der Waals surface area contributed by atoms with Crippen molar-refractivity contribution in [3.63, 3.8) is 0 Å². The van der Waals surface area contributed by atoms with Crippen molar-refractivity contribution in [3.05, 3.63) is 65.0 Å². The molecule has 1 unspecified atom stereocenters. The zero-order valence-electron chi connectivity index (χ0n) is 18.4. The van der Waals surface area contributed by atoms with Crippen molar-refractivity contribution in [2.75, 3.05) is 19.3 Å². The SMILES string of the molecule is CCNC(=NCc1ccc(S(C)(=O)=O)c(C)c1)NCC(Cc1ccc(F)cc1)C(N)=O.I. The summed E-state index contributed by atoms with van der Waals surface area (Å²) in [5, 5.41) is 6.23. The van der Waals surface area contributed by atoms with E-state index in [0.717, 1.165) is 11.1 Å². The summed E-state index contributed by atoms with van der Waals surface area (Å²) in [5.74, 6) is -0.776. The van der Waals surface area contributed by atoms with E-state index in [0.29, 0.717) is 35.9 Å². The number of carbonyl (C=O) groups excluding carboxylic acids is 1. The molecule has 0 saturated heterocycles. The number of hydrogen-bond acceptors (Lipinski definition) is 4. The Labute approximate surface area is 206 Å². The van der Waals surface area contributed by atoms with Gasteiger partial charge in [0.25, 0.3) is 0 Å². The summed E-state index contributed by atoms with van der Waals surface area (Å²) in [6.07, 6.45) is 1.57. The second-order valence-electron chi connectivity index (χ2n) is 7.38. The first-order valence-electron chi connectivity index (χ1n) is 9.95. The third-order valence-corrected chi connectivity index (χ3v) is 5.97. The van der Waals surface area contributed by atoms with Crippen LogP contribution in [0.3, 0.4) is 0 Å². The molecular formula is C22H30FIN4O3S. The molecule has 10 heteroatoms. The fraction of sp³-hybridized carbons (Fsp3) is 0.364. The standard InChI is InChI=1S/C22H29FN4O3S.HI/c1-4-25-22(26-13-17-7-10-20(15(2)11-17)31(3,29)30)27-14-18(21(24)28)12-16-5-8-19(23)9-6-16;/h5-11,18H,4,12-14H2,1-3H3,(H2,24,28)(H2,25,26,27);1H. The minimum atomic E-state index is -3.27. The van der Waals surface area contributed by atoms with E-state index in [4.69, 9.17) is 5.73 Å². The van der Waals surface area contributed by atoms with Crippen LogP contribution in [0.2, 0.25) is 0 Å². The molecule has 4 N–H and O–H groups in total. The molecule has 0 aliphatic carbocycles. The van der Waals surface area contributed by atoms with Crippen molar-refractivity contribution in [2.45, 2.75) is 31.7 Å². The Hall–Kier alpha value is -2.21. The third kappa shape index (κ3) is 8.73. The minimum absolute atomic E-state index is 0. The van der Waals surface area contributed by atoms with Crippen LogP contribution in [0.1, 0.15) is 23.6 Å². The van der Waals surface area contributed by atoms with Gasteiger partial charge in [0.15, 0.2) is 15.8 Å². The number of primary amides is 1. The summed E-state index contributed by atoms with van der Waals surface area (Å²) < 4.78 is 36.6. The van der Waals surface area contributed by atoms with E-state index in [1.165, 1.54) is 18.4 Å². The number of rotatable bonds is 9. The van der Waals surface area contributed by atoms with Gasteiger partial charge in [-0.1, -0.05) is 24.3 Å². The number of nitrogens with two attached hydrogens (primary N) is 1. The molecule has 0 aliphatic rings. The van der Waals surface area contributed by atoms with Gasteiger partial charge in [-0.15, -0.1) is 24.0 Å². The average Bonchev–Trinajstić information content (AvgIpc) is 2.69. The Morgan fingerprint density at radius 2 is 1.75 bits per heavy atom. The Kier molecular flexibility index (Phi) is 11.1. The minimum Gasteiger partial charge on any atom is -0.369 e. The van der Waals surface area contributed by atoms with E-state index in [1.54, 1.807) is 37.3 Å². The largest absolute Gasteiger partial charge is 0.369 e. The molecule has 0 radical (unpaired) electrons. The van der Waals surface area contributed by atoms with E-state index >= 15 is 0 Å².